The monoisotopic (exact) mass is 340 g/mol. The average Bonchev–Trinajstić information content (AvgIpc) is 2.57. The first-order valence-corrected chi connectivity index (χ1v) is 7.90. The van der Waals surface area contributed by atoms with Gasteiger partial charge in [-0.3, -0.25) is 4.79 Å². The minimum atomic E-state index is -4.44. The molecule has 2 aliphatic heterocycles. The van der Waals surface area contributed by atoms with Gasteiger partial charge in [0.05, 0.1) is 11.3 Å². The largest absolute Gasteiger partial charge is 0.418 e. The predicted octanol–water partition coefficient (Wildman–Crippen LogP) is 1.98. The van der Waals surface area contributed by atoms with Crippen LogP contribution in [0.5, 0.6) is 0 Å². The molecule has 0 aromatic heterocycles. The van der Waals surface area contributed by atoms with Crippen LogP contribution in [-0.2, 0) is 11.0 Å². The Hall–Kier alpha value is -2.09. The van der Waals surface area contributed by atoms with Gasteiger partial charge in [0, 0.05) is 44.2 Å². The molecule has 1 aromatic rings. The van der Waals surface area contributed by atoms with Crippen LogP contribution in [-0.4, -0.2) is 37.8 Å². The molecule has 2 heterocycles. The van der Waals surface area contributed by atoms with Gasteiger partial charge in [-0.2, -0.15) is 18.3 Å². The van der Waals surface area contributed by atoms with Gasteiger partial charge in [-0.05, 0) is 17.7 Å². The van der Waals surface area contributed by atoms with Crippen LogP contribution < -0.4 is 15.6 Å². The summed E-state index contributed by atoms with van der Waals surface area (Å²) in [7, 11) is 0. The standard InChI is InChI=1S/C16H19F3N4O/c1-10-8-13(21-22-15(10)24)11-2-3-14(12(9-11)16(17,18)19)23-6-4-20-5-7-23/h2-3,9-10,20H,4-8H2,1H3,(H,22,24)/t10-/m0/s1. The molecule has 0 radical (unpaired) electrons. The van der Waals surface area contributed by atoms with E-state index >= 15 is 0 Å². The summed E-state index contributed by atoms with van der Waals surface area (Å²) in [6, 6.07) is 4.29. The summed E-state index contributed by atoms with van der Waals surface area (Å²) in [6.07, 6.45) is -4.11. The second-order valence-corrected chi connectivity index (χ2v) is 6.11. The van der Waals surface area contributed by atoms with E-state index < -0.39 is 11.7 Å². The first-order chi connectivity index (χ1) is 11.4. The van der Waals surface area contributed by atoms with Crippen molar-refractivity contribution in [2.24, 2.45) is 11.0 Å². The number of hydrogen-bond acceptors (Lipinski definition) is 4. The number of benzene rings is 1. The van der Waals surface area contributed by atoms with Crippen molar-refractivity contribution in [1.82, 2.24) is 10.7 Å². The van der Waals surface area contributed by atoms with Gasteiger partial charge in [0.1, 0.15) is 0 Å². The highest BCUT2D eigenvalue weighted by Crippen LogP contribution is 2.38. The fraction of sp³-hybridized carbons (Fsp3) is 0.500. The van der Waals surface area contributed by atoms with Gasteiger partial charge < -0.3 is 10.2 Å². The van der Waals surface area contributed by atoms with Crippen molar-refractivity contribution in [3.05, 3.63) is 29.3 Å². The number of piperazine rings is 1. The van der Waals surface area contributed by atoms with Crippen molar-refractivity contribution in [3.8, 4) is 0 Å². The number of halogens is 3. The summed E-state index contributed by atoms with van der Waals surface area (Å²) in [6.45, 7) is 4.13. The maximum absolute atomic E-state index is 13.5. The highest BCUT2D eigenvalue weighted by atomic mass is 19.4. The van der Waals surface area contributed by atoms with E-state index in [0.717, 1.165) is 6.07 Å². The molecule has 1 fully saturated rings. The zero-order valence-corrected chi connectivity index (χ0v) is 13.3. The number of hydrazone groups is 1. The van der Waals surface area contributed by atoms with Gasteiger partial charge in [-0.15, -0.1) is 0 Å². The summed E-state index contributed by atoms with van der Waals surface area (Å²) in [5, 5.41) is 7.06. The third kappa shape index (κ3) is 3.38. The second-order valence-electron chi connectivity index (χ2n) is 6.11. The molecule has 0 bridgehead atoms. The Morgan fingerprint density at radius 1 is 1.25 bits per heavy atom. The number of alkyl halides is 3. The van der Waals surface area contributed by atoms with E-state index in [1.165, 1.54) is 6.07 Å². The molecular weight excluding hydrogens is 321 g/mol. The third-order valence-electron chi connectivity index (χ3n) is 4.34. The number of anilines is 1. The van der Waals surface area contributed by atoms with E-state index in [0.29, 0.717) is 43.9 Å². The van der Waals surface area contributed by atoms with Gasteiger partial charge in [0.25, 0.3) is 0 Å². The Morgan fingerprint density at radius 2 is 1.96 bits per heavy atom. The lowest BCUT2D eigenvalue weighted by atomic mass is 9.95. The van der Waals surface area contributed by atoms with Crippen LogP contribution in [0.25, 0.3) is 0 Å². The Morgan fingerprint density at radius 3 is 2.58 bits per heavy atom. The smallest absolute Gasteiger partial charge is 0.368 e. The van der Waals surface area contributed by atoms with Crippen molar-refractivity contribution in [1.29, 1.82) is 0 Å². The lowest BCUT2D eigenvalue weighted by Gasteiger charge is -2.32. The Bertz CT molecular complexity index is 666. The Balaban J connectivity index is 1.97. The molecule has 24 heavy (non-hydrogen) atoms. The molecule has 0 unspecified atom stereocenters. The summed E-state index contributed by atoms with van der Waals surface area (Å²) in [5.41, 5.74) is 2.77. The number of nitrogens with zero attached hydrogens (tertiary/aromatic N) is 2. The maximum Gasteiger partial charge on any atom is 0.418 e. The number of carbonyl (C=O) groups excluding carboxylic acids is 1. The van der Waals surface area contributed by atoms with Crippen molar-refractivity contribution < 1.29 is 18.0 Å². The van der Waals surface area contributed by atoms with Gasteiger partial charge >= 0.3 is 6.18 Å². The number of rotatable bonds is 2. The fourth-order valence-corrected chi connectivity index (χ4v) is 2.97. The van der Waals surface area contributed by atoms with Crippen molar-refractivity contribution in [3.63, 3.8) is 0 Å². The first kappa shape index (κ1) is 16.8. The quantitative estimate of drug-likeness (QED) is 0.866. The molecule has 1 amide bonds. The minimum absolute atomic E-state index is 0.196. The van der Waals surface area contributed by atoms with Crippen LogP contribution in [0.1, 0.15) is 24.5 Å². The van der Waals surface area contributed by atoms with E-state index in [1.54, 1.807) is 17.9 Å². The highest BCUT2D eigenvalue weighted by molar-refractivity contribution is 6.05. The van der Waals surface area contributed by atoms with Gasteiger partial charge in [0.15, 0.2) is 0 Å². The molecular formula is C16H19F3N4O. The third-order valence-corrected chi connectivity index (χ3v) is 4.34. The van der Waals surface area contributed by atoms with Crippen LogP contribution in [0.3, 0.4) is 0 Å². The molecule has 0 spiro atoms. The van der Waals surface area contributed by atoms with Crippen molar-refractivity contribution in [2.45, 2.75) is 19.5 Å². The molecule has 1 saturated heterocycles. The predicted molar refractivity (Wildman–Crippen MR) is 85.0 cm³/mol. The molecule has 8 heteroatoms. The van der Waals surface area contributed by atoms with E-state index in [9.17, 15) is 18.0 Å². The van der Waals surface area contributed by atoms with E-state index in [2.05, 4.69) is 15.8 Å². The zero-order valence-electron chi connectivity index (χ0n) is 13.3. The summed E-state index contributed by atoms with van der Waals surface area (Å²) in [4.78, 5) is 13.2. The average molecular weight is 340 g/mol. The van der Waals surface area contributed by atoms with Crippen LogP contribution >= 0.6 is 0 Å². The lowest BCUT2D eigenvalue weighted by Crippen LogP contribution is -2.44. The molecule has 1 aromatic carbocycles. The SMILES string of the molecule is C[C@H]1CC(c2ccc(N3CCNCC3)c(C(F)(F)F)c2)=NNC1=O. The lowest BCUT2D eigenvalue weighted by molar-refractivity contribution is -0.137. The van der Waals surface area contributed by atoms with Crippen LogP contribution in [0.4, 0.5) is 18.9 Å². The van der Waals surface area contributed by atoms with Gasteiger partial charge in [-0.1, -0.05) is 13.0 Å². The number of carbonyl (C=O) groups is 1. The van der Waals surface area contributed by atoms with Crippen molar-refractivity contribution >= 4 is 17.3 Å². The molecule has 1 atom stereocenters. The normalized spacial score (nSPS) is 22.2. The molecule has 0 saturated carbocycles. The Kier molecular flexibility index (Phi) is 4.49. The number of hydrogen-bond donors (Lipinski definition) is 2. The van der Waals surface area contributed by atoms with Crippen molar-refractivity contribution in [2.75, 3.05) is 31.1 Å². The van der Waals surface area contributed by atoms with E-state index in [4.69, 9.17) is 0 Å². The molecule has 5 nitrogen and oxygen atoms in total. The van der Waals surface area contributed by atoms with Gasteiger partial charge in [-0.25, -0.2) is 5.43 Å². The first-order valence-electron chi connectivity index (χ1n) is 7.90. The van der Waals surface area contributed by atoms with Crippen LogP contribution in [0.2, 0.25) is 0 Å². The topological polar surface area (TPSA) is 56.7 Å². The highest BCUT2D eigenvalue weighted by Gasteiger charge is 2.36. The van der Waals surface area contributed by atoms with Crippen LogP contribution in [0.15, 0.2) is 23.3 Å². The Labute approximate surface area is 137 Å². The molecule has 2 N–H and O–H groups in total. The number of nitrogens with one attached hydrogen (secondary N) is 2. The number of amides is 1. The molecule has 130 valence electrons. The van der Waals surface area contributed by atoms with Gasteiger partial charge in [0.2, 0.25) is 5.91 Å². The maximum atomic E-state index is 13.5. The summed E-state index contributed by atoms with van der Waals surface area (Å²) >= 11 is 0. The summed E-state index contributed by atoms with van der Waals surface area (Å²) in [5.74, 6) is -0.521. The molecule has 3 rings (SSSR count). The van der Waals surface area contributed by atoms with Crippen LogP contribution in [0, 0.1) is 5.92 Å². The molecule has 2 aliphatic rings. The van der Waals surface area contributed by atoms with E-state index in [1.807, 2.05) is 0 Å². The molecule has 0 aliphatic carbocycles. The van der Waals surface area contributed by atoms with E-state index in [-0.39, 0.29) is 17.5 Å². The minimum Gasteiger partial charge on any atom is -0.368 e. The second kappa shape index (κ2) is 6.43. The fourth-order valence-electron chi connectivity index (χ4n) is 2.97. The summed E-state index contributed by atoms with van der Waals surface area (Å²) < 4.78 is 40.6. The zero-order chi connectivity index (χ0) is 17.3.